The molecule has 5 nitrogen and oxygen atoms in total. The molecule has 4 aromatic rings. The third-order valence-electron chi connectivity index (χ3n) is 4.54. The van der Waals surface area contributed by atoms with Crippen molar-refractivity contribution in [3.8, 4) is 5.69 Å². The van der Waals surface area contributed by atoms with Crippen molar-refractivity contribution in [1.29, 1.82) is 0 Å². The van der Waals surface area contributed by atoms with Gasteiger partial charge in [0.2, 0.25) is 0 Å². The number of hydrogen-bond donors (Lipinski definition) is 2. The number of H-pyrrole nitrogens is 1. The first-order valence-corrected chi connectivity index (χ1v) is 10.6. The smallest absolute Gasteiger partial charge is 0.266 e. The number of aromatic amines is 1. The predicted molar refractivity (Wildman–Crippen MR) is 120 cm³/mol. The van der Waals surface area contributed by atoms with E-state index in [0.717, 1.165) is 9.44 Å². The van der Waals surface area contributed by atoms with E-state index in [2.05, 4.69) is 10.3 Å². The summed E-state index contributed by atoms with van der Waals surface area (Å²) >= 11 is 12.7. The molecule has 1 amide bonds. The van der Waals surface area contributed by atoms with Crippen LogP contribution in [0.15, 0.2) is 59.4 Å². The summed E-state index contributed by atoms with van der Waals surface area (Å²) in [5.41, 5.74) is 0.414. The first-order valence-electron chi connectivity index (χ1n) is 9.00. The lowest BCUT2D eigenvalue weighted by Gasteiger charge is -2.10. The Bertz CT molecular complexity index is 1380. The topological polar surface area (TPSA) is 66.9 Å². The molecule has 0 aliphatic heterocycles. The standard InChI is InChI=1S/C21H15ClFN3O2S2/c22-18-8-6-13(30-18)9-10-24-19(27)12-5-7-14-16(11-12)25-21(29)26(20(14)28)17-4-2-1-3-15(17)23/h1-8,11H,9-10H2,(H,24,27)(H,25,29). The highest BCUT2D eigenvalue weighted by atomic mass is 35.5. The Morgan fingerprint density at radius 1 is 1.20 bits per heavy atom. The van der Waals surface area contributed by atoms with Gasteiger partial charge < -0.3 is 10.3 Å². The van der Waals surface area contributed by atoms with Crippen molar-refractivity contribution in [3.63, 3.8) is 0 Å². The lowest BCUT2D eigenvalue weighted by atomic mass is 10.1. The molecule has 0 aliphatic carbocycles. The summed E-state index contributed by atoms with van der Waals surface area (Å²) in [4.78, 5) is 29.4. The summed E-state index contributed by atoms with van der Waals surface area (Å²) in [5, 5.41) is 3.15. The van der Waals surface area contributed by atoms with Crippen LogP contribution >= 0.6 is 35.2 Å². The van der Waals surface area contributed by atoms with Gasteiger partial charge in [-0.15, -0.1) is 11.3 Å². The number of aromatic nitrogens is 2. The van der Waals surface area contributed by atoms with Crippen LogP contribution in [-0.4, -0.2) is 22.0 Å². The number of nitrogens with zero attached hydrogens (tertiary/aromatic N) is 1. The Balaban J connectivity index is 1.61. The number of para-hydroxylation sites is 1. The molecule has 0 saturated heterocycles. The minimum Gasteiger partial charge on any atom is -0.352 e. The first kappa shape index (κ1) is 20.5. The van der Waals surface area contributed by atoms with Gasteiger partial charge >= 0.3 is 0 Å². The average molecular weight is 460 g/mol. The van der Waals surface area contributed by atoms with E-state index in [-0.39, 0.29) is 16.4 Å². The van der Waals surface area contributed by atoms with Crippen LogP contribution < -0.4 is 10.9 Å². The molecule has 2 N–H and O–H groups in total. The largest absolute Gasteiger partial charge is 0.352 e. The van der Waals surface area contributed by atoms with Crippen molar-refractivity contribution in [3.05, 3.63) is 90.3 Å². The Morgan fingerprint density at radius 3 is 2.73 bits per heavy atom. The van der Waals surface area contributed by atoms with E-state index < -0.39 is 11.4 Å². The Labute approximate surface area is 184 Å². The first-order chi connectivity index (χ1) is 14.4. The number of carbonyl (C=O) groups is 1. The number of hydrogen-bond acceptors (Lipinski definition) is 4. The second kappa shape index (κ2) is 8.51. The monoisotopic (exact) mass is 459 g/mol. The molecule has 4 rings (SSSR count). The Hall–Kier alpha value is -2.81. The van der Waals surface area contributed by atoms with E-state index in [1.54, 1.807) is 18.2 Å². The van der Waals surface area contributed by atoms with Gasteiger partial charge in [0.05, 0.1) is 20.9 Å². The van der Waals surface area contributed by atoms with E-state index in [0.29, 0.717) is 33.8 Å². The fourth-order valence-corrected chi connectivity index (χ4v) is 4.48. The predicted octanol–water partition coefficient (Wildman–Crippen LogP) is 4.87. The van der Waals surface area contributed by atoms with E-state index in [1.807, 2.05) is 12.1 Å². The minimum atomic E-state index is -0.554. The van der Waals surface area contributed by atoms with Gasteiger partial charge in [-0.3, -0.25) is 9.59 Å². The highest BCUT2D eigenvalue weighted by Gasteiger charge is 2.13. The van der Waals surface area contributed by atoms with Gasteiger partial charge in [-0.1, -0.05) is 23.7 Å². The number of amides is 1. The molecule has 9 heteroatoms. The average Bonchev–Trinajstić information content (AvgIpc) is 3.14. The molecule has 0 radical (unpaired) electrons. The molecule has 0 atom stereocenters. The maximum atomic E-state index is 14.2. The lowest BCUT2D eigenvalue weighted by Crippen LogP contribution is -2.26. The van der Waals surface area contributed by atoms with Gasteiger partial charge in [0.25, 0.3) is 11.5 Å². The third-order valence-corrected chi connectivity index (χ3v) is 6.11. The van der Waals surface area contributed by atoms with Crippen molar-refractivity contribution < 1.29 is 9.18 Å². The summed E-state index contributed by atoms with van der Waals surface area (Å²) in [6.45, 7) is 0.457. The van der Waals surface area contributed by atoms with Crippen molar-refractivity contribution >= 4 is 52.0 Å². The maximum absolute atomic E-state index is 14.2. The van der Waals surface area contributed by atoms with Gasteiger partial charge in [0.15, 0.2) is 4.77 Å². The van der Waals surface area contributed by atoms with Gasteiger partial charge in [0.1, 0.15) is 5.82 Å². The molecule has 0 saturated carbocycles. The number of rotatable bonds is 5. The molecule has 0 bridgehead atoms. The third kappa shape index (κ3) is 4.07. The summed E-state index contributed by atoms with van der Waals surface area (Å²) in [7, 11) is 0. The van der Waals surface area contributed by atoms with Gasteiger partial charge in [-0.2, -0.15) is 0 Å². The molecule has 152 valence electrons. The van der Waals surface area contributed by atoms with Crippen LogP contribution in [0.2, 0.25) is 4.34 Å². The van der Waals surface area contributed by atoms with Crippen LogP contribution in [-0.2, 0) is 6.42 Å². The van der Waals surface area contributed by atoms with Crippen LogP contribution in [0.5, 0.6) is 0 Å². The van der Waals surface area contributed by atoms with Gasteiger partial charge in [-0.25, -0.2) is 8.96 Å². The molecule has 0 aliphatic rings. The van der Waals surface area contributed by atoms with Crippen molar-refractivity contribution in [2.45, 2.75) is 6.42 Å². The molecule has 2 aromatic carbocycles. The molecule has 0 spiro atoms. The van der Waals surface area contributed by atoms with Crippen LogP contribution in [0.4, 0.5) is 4.39 Å². The molecule has 30 heavy (non-hydrogen) atoms. The summed E-state index contributed by atoms with van der Waals surface area (Å²) < 4.78 is 16.0. The molecule has 0 unspecified atom stereocenters. The SMILES string of the molecule is O=C(NCCc1ccc(Cl)s1)c1ccc2c(=O)n(-c3ccccc3F)c(=S)[nH]c2c1. The second-order valence-electron chi connectivity index (χ2n) is 6.49. The van der Waals surface area contributed by atoms with Crippen molar-refractivity contribution in [2.24, 2.45) is 0 Å². The number of benzene rings is 2. The normalized spacial score (nSPS) is 11.0. The molecule has 0 fully saturated rings. The zero-order valence-electron chi connectivity index (χ0n) is 15.4. The minimum absolute atomic E-state index is 0.0460. The lowest BCUT2D eigenvalue weighted by molar-refractivity contribution is 0.0954. The highest BCUT2D eigenvalue weighted by molar-refractivity contribution is 7.71. The number of thiophene rings is 1. The highest BCUT2D eigenvalue weighted by Crippen LogP contribution is 2.21. The Morgan fingerprint density at radius 2 is 2.00 bits per heavy atom. The quantitative estimate of drug-likeness (QED) is 0.418. The van der Waals surface area contributed by atoms with Crippen molar-refractivity contribution in [2.75, 3.05) is 6.54 Å². The molecular weight excluding hydrogens is 445 g/mol. The zero-order valence-corrected chi connectivity index (χ0v) is 17.8. The van der Waals surface area contributed by atoms with E-state index in [1.165, 1.54) is 35.6 Å². The number of carbonyl (C=O) groups excluding carboxylic acids is 1. The zero-order chi connectivity index (χ0) is 21.3. The maximum Gasteiger partial charge on any atom is 0.266 e. The van der Waals surface area contributed by atoms with Gasteiger partial charge in [0, 0.05) is 17.0 Å². The fourth-order valence-electron chi connectivity index (χ4n) is 3.10. The summed E-state index contributed by atoms with van der Waals surface area (Å²) in [6, 6.07) is 14.3. The number of fused-ring (bicyclic) bond motifs is 1. The van der Waals surface area contributed by atoms with Crippen molar-refractivity contribution in [1.82, 2.24) is 14.9 Å². The van der Waals surface area contributed by atoms with E-state index in [9.17, 15) is 14.0 Å². The van der Waals surface area contributed by atoms with E-state index >= 15 is 0 Å². The summed E-state index contributed by atoms with van der Waals surface area (Å²) in [6.07, 6.45) is 0.673. The number of halogens is 2. The Kier molecular flexibility index (Phi) is 5.80. The van der Waals surface area contributed by atoms with Crippen LogP contribution in [0.1, 0.15) is 15.2 Å². The second-order valence-corrected chi connectivity index (χ2v) is 8.68. The number of nitrogens with one attached hydrogen (secondary N) is 2. The van der Waals surface area contributed by atoms with E-state index in [4.69, 9.17) is 23.8 Å². The molecular formula is C21H15ClFN3O2S2. The summed E-state index contributed by atoms with van der Waals surface area (Å²) in [5.74, 6) is -0.821. The van der Waals surface area contributed by atoms with Crippen LogP contribution in [0.25, 0.3) is 16.6 Å². The van der Waals surface area contributed by atoms with Crippen LogP contribution in [0, 0.1) is 10.6 Å². The fraction of sp³-hybridized carbons (Fsp3) is 0.0952. The van der Waals surface area contributed by atoms with Gasteiger partial charge in [-0.05, 0) is 61.1 Å². The van der Waals surface area contributed by atoms with Crippen LogP contribution in [0.3, 0.4) is 0 Å². The molecule has 2 heterocycles. The molecule has 2 aromatic heterocycles.